The third-order valence-electron chi connectivity index (χ3n) is 4.38. The molecule has 7 heteroatoms. The molecule has 0 aliphatic carbocycles. The maximum absolute atomic E-state index is 5.84. The summed E-state index contributed by atoms with van der Waals surface area (Å²) in [6, 6.07) is 3.90. The van der Waals surface area contributed by atoms with Crippen LogP contribution in [0.2, 0.25) is 5.02 Å². The van der Waals surface area contributed by atoms with Gasteiger partial charge in [-0.2, -0.15) is 5.10 Å². The van der Waals surface area contributed by atoms with Gasteiger partial charge < -0.3 is 9.64 Å². The molecule has 1 fully saturated rings. The number of ether oxygens (including phenoxy) is 1. The summed E-state index contributed by atoms with van der Waals surface area (Å²) in [6.07, 6.45) is 5.36. The predicted octanol–water partition coefficient (Wildman–Crippen LogP) is 3.51. The van der Waals surface area contributed by atoms with Gasteiger partial charge in [0, 0.05) is 24.6 Å². The maximum Gasteiger partial charge on any atom is 0.233 e. The summed E-state index contributed by atoms with van der Waals surface area (Å²) in [6.45, 7) is 8.87. The smallest absolute Gasteiger partial charge is 0.233 e. The Kier molecular flexibility index (Phi) is 5.37. The minimum atomic E-state index is 0.00208. The first-order chi connectivity index (χ1) is 11.9. The predicted molar refractivity (Wildman–Crippen MR) is 98.2 cm³/mol. The van der Waals surface area contributed by atoms with Crippen LogP contribution in [0.15, 0.2) is 24.5 Å². The molecule has 134 valence electrons. The fourth-order valence-electron chi connectivity index (χ4n) is 2.77. The van der Waals surface area contributed by atoms with Crippen molar-refractivity contribution in [2.45, 2.75) is 39.0 Å². The molecule has 3 heterocycles. The van der Waals surface area contributed by atoms with Gasteiger partial charge in [0.25, 0.3) is 0 Å². The normalized spacial score (nSPS) is 16.1. The molecule has 2 aromatic rings. The van der Waals surface area contributed by atoms with Gasteiger partial charge in [-0.15, -0.1) is 5.10 Å². The summed E-state index contributed by atoms with van der Waals surface area (Å²) in [5, 5.41) is 9.01. The lowest BCUT2D eigenvalue weighted by Gasteiger charge is -2.31. The summed E-state index contributed by atoms with van der Waals surface area (Å²) in [5.41, 5.74) is 0.971. The molecule has 0 N–H and O–H groups in total. The Morgan fingerprint density at radius 1 is 1.12 bits per heavy atom. The van der Waals surface area contributed by atoms with Crippen molar-refractivity contribution in [3.8, 4) is 5.88 Å². The summed E-state index contributed by atoms with van der Waals surface area (Å²) in [4.78, 5) is 10.7. The van der Waals surface area contributed by atoms with Gasteiger partial charge in [-0.25, -0.2) is 9.97 Å². The van der Waals surface area contributed by atoms with Crippen molar-refractivity contribution in [2.24, 2.45) is 5.92 Å². The van der Waals surface area contributed by atoms with Gasteiger partial charge in [-0.3, -0.25) is 0 Å². The number of nitrogens with zero attached hydrogens (tertiary/aromatic N) is 5. The Morgan fingerprint density at radius 2 is 1.80 bits per heavy atom. The molecule has 6 nitrogen and oxygen atoms in total. The largest absolute Gasteiger partial charge is 0.476 e. The van der Waals surface area contributed by atoms with Crippen LogP contribution < -0.4 is 9.64 Å². The standard InChI is InChI=1S/C18H24ClN5O/c1-18(2,3)15-4-5-16(23-22-15)25-12-13-6-8-24(9-7-13)17-20-10-14(19)11-21-17/h4-5,10-11,13H,6-9,12H2,1-3H3. The van der Waals surface area contributed by atoms with Gasteiger partial charge in [-0.1, -0.05) is 32.4 Å². The quantitative estimate of drug-likeness (QED) is 0.830. The second-order valence-corrected chi connectivity index (χ2v) is 7.89. The van der Waals surface area contributed by atoms with E-state index in [1.807, 2.05) is 12.1 Å². The molecule has 0 amide bonds. The summed E-state index contributed by atoms with van der Waals surface area (Å²) in [5.74, 6) is 1.84. The molecule has 1 aliphatic rings. The molecule has 0 bridgehead atoms. The fraction of sp³-hybridized carbons (Fsp3) is 0.556. The van der Waals surface area contributed by atoms with E-state index in [0.29, 0.717) is 23.4 Å². The molecule has 1 saturated heterocycles. The highest BCUT2D eigenvalue weighted by atomic mass is 35.5. The number of halogens is 1. The van der Waals surface area contributed by atoms with Crippen LogP contribution in [-0.4, -0.2) is 39.9 Å². The van der Waals surface area contributed by atoms with E-state index >= 15 is 0 Å². The third-order valence-corrected chi connectivity index (χ3v) is 4.57. The van der Waals surface area contributed by atoms with E-state index in [0.717, 1.165) is 37.6 Å². The monoisotopic (exact) mass is 361 g/mol. The van der Waals surface area contributed by atoms with Crippen LogP contribution in [0.1, 0.15) is 39.3 Å². The molecule has 1 aliphatic heterocycles. The summed E-state index contributed by atoms with van der Waals surface area (Å²) >= 11 is 5.84. The van der Waals surface area contributed by atoms with Gasteiger partial charge in [-0.05, 0) is 24.8 Å². The highest BCUT2D eigenvalue weighted by Crippen LogP contribution is 2.23. The van der Waals surface area contributed by atoms with Crippen molar-refractivity contribution in [2.75, 3.05) is 24.6 Å². The minimum Gasteiger partial charge on any atom is -0.476 e. The zero-order valence-electron chi connectivity index (χ0n) is 14.9. The number of piperidine rings is 1. The molecule has 25 heavy (non-hydrogen) atoms. The second kappa shape index (κ2) is 7.52. The average Bonchev–Trinajstić information content (AvgIpc) is 2.61. The first-order valence-electron chi connectivity index (χ1n) is 8.61. The molecule has 0 radical (unpaired) electrons. The maximum atomic E-state index is 5.84. The number of aromatic nitrogens is 4. The summed E-state index contributed by atoms with van der Waals surface area (Å²) in [7, 11) is 0. The molecule has 0 spiro atoms. The highest BCUT2D eigenvalue weighted by molar-refractivity contribution is 6.30. The van der Waals surface area contributed by atoms with Crippen LogP contribution in [0.4, 0.5) is 5.95 Å². The first kappa shape index (κ1) is 17.9. The van der Waals surface area contributed by atoms with Crippen molar-refractivity contribution in [1.82, 2.24) is 20.2 Å². The number of hydrogen-bond donors (Lipinski definition) is 0. The van der Waals surface area contributed by atoms with Gasteiger partial charge in [0.2, 0.25) is 11.8 Å². The number of hydrogen-bond acceptors (Lipinski definition) is 6. The van der Waals surface area contributed by atoms with E-state index in [4.69, 9.17) is 16.3 Å². The van der Waals surface area contributed by atoms with E-state index in [-0.39, 0.29) is 5.41 Å². The van der Waals surface area contributed by atoms with Crippen molar-refractivity contribution in [3.63, 3.8) is 0 Å². The lowest BCUT2D eigenvalue weighted by Crippen LogP contribution is -2.36. The van der Waals surface area contributed by atoms with Gasteiger partial charge >= 0.3 is 0 Å². The SMILES string of the molecule is CC(C)(C)c1ccc(OCC2CCN(c3ncc(Cl)cn3)CC2)nn1. The van der Waals surface area contributed by atoms with Gasteiger partial charge in [0.1, 0.15) is 0 Å². The van der Waals surface area contributed by atoms with E-state index in [9.17, 15) is 0 Å². The third kappa shape index (κ3) is 4.78. The van der Waals surface area contributed by atoms with E-state index < -0.39 is 0 Å². The molecule has 0 atom stereocenters. The lowest BCUT2D eigenvalue weighted by molar-refractivity contribution is 0.213. The van der Waals surface area contributed by atoms with Crippen molar-refractivity contribution >= 4 is 17.5 Å². The van der Waals surface area contributed by atoms with E-state index in [1.165, 1.54) is 0 Å². The first-order valence-corrected chi connectivity index (χ1v) is 8.99. The topological polar surface area (TPSA) is 64.0 Å². The Balaban J connectivity index is 1.47. The Hall–Kier alpha value is -1.95. The van der Waals surface area contributed by atoms with Gasteiger partial charge in [0.05, 0.1) is 29.7 Å². The molecule has 3 rings (SSSR count). The van der Waals surface area contributed by atoms with Crippen molar-refractivity contribution < 1.29 is 4.74 Å². The van der Waals surface area contributed by atoms with Gasteiger partial charge in [0.15, 0.2) is 0 Å². The molecular weight excluding hydrogens is 338 g/mol. The van der Waals surface area contributed by atoms with Crippen LogP contribution in [-0.2, 0) is 5.41 Å². The van der Waals surface area contributed by atoms with Crippen molar-refractivity contribution in [3.05, 3.63) is 35.2 Å². The van der Waals surface area contributed by atoms with Crippen LogP contribution in [0.5, 0.6) is 5.88 Å². The van der Waals surface area contributed by atoms with Crippen LogP contribution in [0.25, 0.3) is 0 Å². The minimum absolute atomic E-state index is 0.00208. The molecular formula is C18H24ClN5O. The van der Waals surface area contributed by atoms with Crippen LogP contribution in [0, 0.1) is 5.92 Å². The highest BCUT2D eigenvalue weighted by Gasteiger charge is 2.22. The summed E-state index contributed by atoms with van der Waals surface area (Å²) < 4.78 is 5.83. The second-order valence-electron chi connectivity index (χ2n) is 7.45. The number of anilines is 1. The van der Waals surface area contributed by atoms with Crippen LogP contribution in [0.3, 0.4) is 0 Å². The fourth-order valence-corrected chi connectivity index (χ4v) is 2.87. The zero-order chi connectivity index (χ0) is 17.9. The average molecular weight is 362 g/mol. The molecule has 0 saturated carbocycles. The molecule has 0 aromatic carbocycles. The van der Waals surface area contributed by atoms with E-state index in [1.54, 1.807) is 12.4 Å². The number of rotatable bonds is 4. The molecule has 2 aromatic heterocycles. The Bertz CT molecular complexity index is 676. The molecule has 0 unspecified atom stereocenters. The Labute approximate surface area is 153 Å². The van der Waals surface area contributed by atoms with Crippen molar-refractivity contribution in [1.29, 1.82) is 0 Å². The van der Waals surface area contributed by atoms with E-state index in [2.05, 4.69) is 45.8 Å². The van der Waals surface area contributed by atoms with Crippen LogP contribution >= 0.6 is 11.6 Å². The lowest BCUT2D eigenvalue weighted by atomic mass is 9.92. The Morgan fingerprint density at radius 3 is 2.36 bits per heavy atom. The zero-order valence-corrected chi connectivity index (χ0v) is 15.7.